The van der Waals surface area contributed by atoms with Crippen molar-refractivity contribution in [1.29, 1.82) is 0 Å². The second kappa shape index (κ2) is 8.32. The van der Waals surface area contributed by atoms with E-state index in [1.165, 1.54) is 0 Å². The minimum absolute atomic E-state index is 0.0123. The van der Waals surface area contributed by atoms with Crippen LogP contribution in [0.5, 0.6) is 0 Å². The molecule has 6 heteroatoms. The summed E-state index contributed by atoms with van der Waals surface area (Å²) in [5, 5.41) is 3.27. The first-order valence-corrected chi connectivity index (χ1v) is 9.30. The van der Waals surface area contributed by atoms with Crippen LogP contribution in [0.3, 0.4) is 0 Å². The molecule has 2 unspecified atom stereocenters. The highest BCUT2D eigenvalue weighted by molar-refractivity contribution is 7.87. The van der Waals surface area contributed by atoms with E-state index in [-0.39, 0.29) is 12.1 Å². The van der Waals surface area contributed by atoms with Crippen molar-refractivity contribution in [1.82, 2.24) is 14.3 Å². The monoisotopic (exact) mass is 305 g/mol. The standard InChI is InChI=1S/C14H31N3O2S/c1-5-15-11-14-8-6-7-9-17(14)20(18,19)16-13(4)10-12(2)3/h12-16H,5-11H2,1-4H3. The third-order valence-corrected chi connectivity index (χ3v) is 5.49. The predicted octanol–water partition coefficient (Wildman–Crippen LogP) is 1.72. The lowest BCUT2D eigenvalue weighted by Gasteiger charge is -2.35. The molecule has 0 saturated carbocycles. The van der Waals surface area contributed by atoms with E-state index in [0.29, 0.717) is 12.5 Å². The maximum atomic E-state index is 12.5. The molecule has 0 aromatic carbocycles. The molecule has 1 heterocycles. The van der Waals surface area contributed by atoms with Gasteiger partial charge in [-0.25, -0.2) is 0 Å². The Hall–Kier alpha value is -0.170. The fourth-order valence-corrected chi connectivity index (χ4v) is 4.56. The number of hydrogen-bond donors (Lipinski definition) is 2. The summed E-state index contributed by atoms with van der Waals surface area (Å²) in [5.41, 5.74) is 0. The molecule has 20 heavy (non-hydrogen) atoms. The predicted molar refractivity (Wildman–Crippen MR) is 83.9 cm³/mol. The van der Waals surface area contributed by atoms with Gasteiger partial charge in [0.15, 0.2) is 0 Å². The minimum Gasteiger partial charge on any atom is -0.315 e. The molecule has 1 saturated heterocycles. The van der Waals surface area contributed by atoms with E-state index in [2.05, 4.69) is 23.9 Å². The highest BCUT2D eigenvalue weighted by atomic mass is 32.2. The number of nitrogens with zero attached hydrogens (tertiary/aromatic N) is 1. The number of nitrogens with one attached hydrogen (secondary N) is 2. The van der Waals surface area contributed by atoms with E-state index >= 15 is 0 Å². The summed E-state index contributed by atoms with van der Waals surface area (Å²) < 4.78 is 29.6. The fraction of sp³-hybridized carbons (Fsp3) is 1.00. The molecule has 0 aromatic heterocycles. The van der Waals surface area contributed by atoms with Crippen LogP contribution in [0, 0.1) is 5.92 Å². The lowest BCUT2D eigenvalue weighted by atomic mass is 10.1. The van der Waals surface area contributed by atoms with Crippen molar-refractivity contribution >= 4 is 10.2 Å². The van der Waals surface area contributed by atoms with E-state index in [0.717, 1.165) is 38.8 Å². The van der Waals surface area contributed by atoms with Crippen LogP contribution in [0.1, 0.15) is 53.4 Å². The van der Waals surface area contributed by atoms with E-state index in [1.807, 2.05) is 13.8 Å². The SMILES string of the molecule is CCNCC1CCCCN1S(=O)(=O)NC(C)CC(C)C. The van der Waals surface area contributed by atoms with Crippen molar-refractivity contribution in [2.45, 2.75) is 65.5 Å². The molecule has 0 amide bonds. The molecule has 1 fully saturated rings. The Morgan fingerprint density at radius 1 is 1.25 bits per heavy atom. The lowest BCUT2D eigenvalue weighted by molar-refractivity contribution is 0.242. The van der Waals surface area contributed by atoms with Crippen LogP contribution < -0.4 is 10.0 Å². The molecule has 2 N–H and O–H groups in total. The second-order valence-corrected chi connectivity index (χ2v) is 7.88. The van der Waals surface area contributed by atoms with Gasteiger partial charge >= 0.3 is 0 Å². The van der Waals surface area contributed by atoms with Gasteiger partial charge in [-0.3, -0.25) is 0 Å². The summed E-state index contributed by atoms with van der Waals surface area (Å²) in [4.78, 5) is 0. The van der Waals surface area contributed by atoms with Crippen LogP contribution in [-0.2, 0) is 10.2 Å². The number of likely N-dealkylation sites (N-methyl/N-ethyl adjacent to an activating group) is 1. The van der Waals surface area contributed by atoms with Crippen LogP contribution in [0.15, 0.2) is 0 Å². The Kier molecular flexibility index (Phi) is 7.43. The molecular formula is C14H31N3O2S. The van der Waals surface area contributed by atoms with Crippen LogP contribution in [0.25, 0.3) is 0 Å². The summed E-state index contributed by atoms with van der Waals surface area (Å²) in [6.45, 7) is 10.5. The summed E-state index contributed by atoms with van der Waals surface area (Å²) in [7, 11) is -3.36. The Bertz CT molecular complexity index is 371. The van der Waals surface area contributed by atoms with E-state index in [4.69, 9.17) is 0 Å². The van der Waals surface area contributed by atoms with Crippen LogP contribution >= 0.6 is 0 Å². The summed E-state index contributed by atoms with van der Waals surface area (Å²) >= 11 is 0. The molecular weight excluding hydrogens is 274 g/mol. The van der Waals surface area contributed by atoms with Crippen molar-refractivity contribution in [3.05, 3.63) is 0 Å². The highest BCUT2D eigenvalue weighted by Gasteiger charge is 2.32. The maximum Gasteiger partial charge on any atom is 0.279 e. The van der Waals surface area contributed by atoms with Crippen molar-refractivity contribution < 1.29 is 8.42 Å². The van der Waals surface area contributed by atoms with Gasteiger partial charge in [-0.1, -0.05) is 27.2 Å². The van der Waals surface area contributed by atoms with Crippen LogP contribution in [0.4, 0.5) is 0 Å². The molecule has 120 valence electrons. The van der Waals surface area contributed by atoms with Gasteiger partial charge in [-0.05, 0) is 38.6 Å². The smallest absolute Gasteiger partial charge is 0.279 e. The molecule has 1 aliphatic heterocycles. The van der Waals surface area contributed by atoms with Crippen molar-refractivity contribution in [2.75, 3.05) is 19.6 Å². The van der Waals surface area contributed by atoms with Crippen molar-refractivity contribution in [3.63, 3.8) is 0 Å². The second-order valence-electron chi connectivity index (χ2n) is 6.22. The zero-order valence-corrected chi connectivity index (χ0v) is 14.2. The molecule has 0 radical (unpaired) electrons. The van der Waals surface area contributed by atoms with E-state index in [9.17, 15) is 8.42 Å². The van der Waals surface area contributed by atoms with E-state index < -0.39 is 10.2 Å². The average molecular weight is 305 g/mol. The normalized spacial score (nSPS) is 23.1. The summed E-state index contributed by atoms with van der Waals surface area (Å²) in [6, 6.07) is 0.0779. The first-order valence-electron chi connectivity index (χ1n) is 7.86. The largest absolute Gasteiger partial charge is 0.315 e. The van der Waals surface area contributed by atoms with Crippen molar-refractivity contribution in [2.24, 2.45) is 5.92 Å². The van der Waals surface area contributed by atoms with Gasteiger partial charge in [0.25, 0.3) is 10.2 Å². The molecule has 1 rings (SSSR count). The molecule has 5 nitrogen and oxygen atoms in total. The lowest BCUT2D eigenvalue weighted by Crippen LogP contribution is -2.53. The Morgan fingerprint density at radius 3 is 2.55 bits per heavy atom. The molecule has 0 aromatic rings. The highest BCUT2D eigenvalue weighted by Crippen LogP contribution is 2.20. The quantitative estimate of drug-likeness (QED) is 0.718. The summed E-state index contributed by atoms with van der Waals surface area (Å²) in [6.07, 6.45) is 3.89. The van der Waals surface area contributed by atoms with Crippen LogP contribution in [0.2, 0.25) is 0 Å². The number of piperidine rings is 1. The Labute approximate surface area is 124 Å². The third-order valence-electron chi connectivity index (χ3n) is 3.69. The third kappa shape index (κ3) is 5.68. The van der Waals surface area contributed by atoms with Gasteiger partial charge in [-0.15, -0.1) is 0 Å². The number of hydrogen-bond acceptors (Lipinski definition) is 3. The van der Waals surface area contributed by atoms with Gasteiger partial charge in [0, 0.05) is 25.2 Å². The van der Waals surface area contributed by atoms with Crippen molar-refractivity contribution in [3.8, 4) is 0 Å². The van der Waals surface area contributed by atoms with Gasteiger partial charge in [-0.2, -0.15) is 17.4 Å². The minimum atomic E-state index is -3.36. The zero-order chi connectivity index (χ0) is 15.2. The molecule has 0 spiro atoms. The maximum absolute atomic E-state index is 12.5. The molecule has 0 aliphatic carbocycles. The first kappa shape index (κ1) is 17.9. The topological polar surface area (TPSA) is 61.4 Å². The van der Waals surface area contributed by atoms with Gasteiger partial charge in [0.05, 0.1) is 0 Å². The molecule has 0 bridgehead atoms. The Balaban J connectivity index is 2.66. The zero-order valence-electron chi connectivity index (χ0n) is 13.4. The van der Waals surface area contributed by atoms with E-state index in [1.54, 1.807) is 4.31 Å². The molecule has 1 aliphatic rings. The van der Waals surface area contributed by atoms with Gasteiger partial charge < -0.3 is 5.32 Å². The summed E-state index contributed by atoms with van der Waals surface area (Å²) in [5.74, 6) is 0.492. The van der Waals surface area contributed by atoms with Crippen LogP contribution in [-0.4, -0.2) is 44.4 Å². The Morgan fingerprint density at radius 2 is 1.95 bits per heavy atom. The first-order chi connectivity index (χ1) is 9.36. The number of rotatable bonds is 8. The average Bonchev–Trinajstić information content (AvgIpc) is 2.34. The van der Waals surface area contributed by atoms with Gasteiger partial charge in [0.1, 0.15) is 0 Å². The fourth-order valence-electron chi connectivity index (χ4n) is 2.88. The molecule has 2 atom stereocenters. The van der Waals surface area contributed by atoms with Gasteiger partial charge in [0.2, 0.25) is 0 Å².